The van der Waals surface area contributed by atoms with Crippen molar-refractivity contribution in [2.24, 2.45) is 5.73 Å². The Morgan fingerprint density at radius 2 is 1.78 bits per heavy atom. The van der Waals surface area contributed by atoms with Gasteiger partial charge in [-0.3, -0.25) is 0 Å². The van der Waals surface area contributed by atoms with Crippen molar-refractivity contribution >= 4 is 40.2 Å². The Hall–Kier alpha value is -5.92. The first kappa shape index (κ1) is 34.4. The number of nitrogens with two attached hydrogens (primary N) is 2. The Balaban J connectivity index is 1.59. The lowest BCUT2D eigenvalue weighted by atomic mass is 10.1. The smallest absolute Gasteiger partial charge is 0.490 e. The van der Waals surface area contributed by atoms with Crippen molar-refractivity contribution in [2.75, 3.05) is 29.3 Å². The van der Waals surface area contributed by atoms with Gasteiger partial charge in [-0.25, -0.2) is 24.2 Å². The third kappa shape index (κ3) is 7.32. The number of benzene rings is 2. The number of alkyl halides is 6. The Labute approximate surface area is 271 Å². The highest BCUT2D eigenvalue weighted by Crippen LogP contribution is 2.38. The zero-order chi connectivity index (χ0) is 35.5. The molecule has 3 aromatic heterocycles. The van der Waals surface area contributed by atoms with Crippen LogP contribution in [0, 0.1) is 0 Å². The molecule has 0 saturated carbocycles. The summed E-state index contributed by atoms with van der Waals surface area (Å²) in [6.07, 6.45) is -8.29. The highest BCUT2D eigenvalue weighted by molar-refractivity contribution is 6.02. The number of halogens is 6. The van der Waals surface area contributed by atoms with Crippen LogP contribution in [0.15, 0.2) is 59.4 Å². The summed E-state index contributed by atoms with van der Waals surface area (Å²) in [4.78, 5) is 38.6. The van der Waals surface area contributed by atoms with Crippen LogP contribution < -0.4 is 26.6 Å². The van der Waals surface area contributed by atoms with E-state index in [2.05, 4.69) is 30.4 Å². The van der Waals surface area contributed by atoms with E-state index in [9.17, 15) is 35.9 Å². The molecule has 0 unspecified atom stereocenters. The molecule has 5 aromatic rings. The molecule has 0 spiro atoms. The zero-order valence-corrected chi connectivity index (χ0v) is 25.2. The molecule has 49 heavy (non-hydrogen) atoms. The maximum Gasteiger partial charge on any atom is 0.493 e. The average molecular weight is 694 g/mol. The molecule has 0 fully saturated rings. The summed E-state index contributed by atoms with van der Waals surface area (Å²) in [6, 6.07) is 6.76. The van der Waals surface area contributed by atoms with E-state index in [1.54, 1.807) is 11.5 Å². The number of carbonyl (C=O) groups excluding carboxylic acids is 2. The fourth-order valence-corrected chi connectivity index (χ4v) is 4.58. The maximum absolute atomic E-state index is 13.3. The topological polar surface area (TPSA) is 190 Å². The molecule has 2 aromatic carbocycles. The van der Waals surface area contributed by atoms with Crippen molar-refractivity contribution in [3.63, 3.8) is 0 Å². The Morgan fingerprint density at radius 1 is 1.04 bits per heavy atom. The Bertz CT molecular complexity index is 1980. The summed E-state index contributed by atoms with van der Waals surface area (Å²) in [5.74, 6) is -2.28. The van der Waals surface area contributed by atoms with Crippen molar-refractivity contribution in [2.45, 2.75) is 32.2 Å². The molecule has 14 nitrogen and oxygen atoms in total. The molecule has 258 valence electrons. The number of nitrogen functional groups attached to an aromatic ring is 1. The van der Waals surface area contributed by atoms with Gasteiger partial charge in [0, 0.05) is 17.8 Å². The monoisotopic (exact) mass is 693 g/mol. The molecule has 0 bridgehead atoms. The van der Waals surface area contributed by atoms with Crippen molar-refractivity contribution in [1.29, 1.82) is 0 Å². The molecular formula is C29H25F6N9O5. The van der Waals surface area contributed by atoms with Crippen LogP contribution in [0.4, 0.5) is 48.3 Å². The molecule has 0 aliphatic heterocycles. The number of nitrogens with one attached hydrogen (secondary N) is 1. The van der Waals surface area contributed by atoms with E-state index in [0.717, 1.165) is 18.2 Å². The lowest BCUT2D eigenvalue weighted by molar-refractivity contribution is -0.199. The maximum atomic E-state index is 13.3. The van der Waals surface area contributed by atoms with Gasteiger partial charge in [0.15, 0.2) is 23.1 Å². The minimum absolute atomic E-state index is 0.0102. The van der Waals surface area contributed by atoms with E-state index in [4.69, 9.17) is 20.8 Å². The number of fused-ring (bicyclic) bond motifs is 1. The van der Waals surface area contributed by atoms with Gasteiger partial charge < -0.3 is 30.9 Å². The van der Waals surface area contributed by atoms with Crippen LogP contribution >= 0.6 is 0 Å². The number of pyridine rings is 1. The highest BCUT2D eigenvalue weighted by atomic mass is 19.4. The van der Waals surface area contributed by atoms with Crippen molar-refractivity contribution in [1.82, 2.24) is 24.8 Å². The first-order chi connectivity index (χ1) is 23.2. The lowest BCUT2D eigenvalue weighted by Gasteiger charge is -2.22. The average Bonchev–Trinajstić information content (AvgIpc) is 3.66. The number of nitrogens with zero attached hydrogens (tertiary/aromatic N) is 6. The van der Waals surface area contributed by atoms with Gasteiger partial charge in [0.1, 0.15) is 11.0 Å². The van der Waals surface area contributed by atoms with Gasteiger partial charge in [-0.05, 0) is 66.6 Å². The van der Waals surface area contributed by atoms with Gasteiger partial charge in [-0.15, -0.1) is 5.06 Å². The summed E-state index contributed by atoms with van der Waals surface area (Å²) >= 11 is 0. The second-order valence-electron chi connectivity index (χ2n) is 10.1. The number of ether oxygens (including phenoxy) is 1. The number of imidazole rings is 1. The van der Waals surface area contributed by atoms with Gasteiger partial charge in [0.05, 0.1) is 29.7 Å². The predicted octanol–water partition coefficient (Wildman–Crippen LogP) is 5.56. The SMILES string of the molecule is CCn1c(-c2nonc2N)nc2c(-c3cccc(N(OC(=O)C(F)(F)F)C(=O)Nc4ccc(C(F)(F)F)cc4)c3)ncc(OCCCN)c21. The summed E-state index contributed by atoms with van der Waals surface area (Å²) in [5, 5.41) is 9.56. The van der Waals surface area contributed by atoms with E-state index in [1.165, 1.54) is 24.4 Å². The minimum atomic E-state index is -5.51. The summed E-state index contributed by atoms with van der Waals surface area (Å²) in [7, 11) is 0. The predicted molar refractivity (Wildman–Crippen MR) is 161 cm³/mol. The first-order valence-corrected chi connectivity index (χ1v) is 14.2. The number of hydrogen-bond donors (Lipinski definition) is 3. The minimum Gasteiger partial charge on any atom is -0.490 e. The molecular weight excluding hydrogens is 668 g/mol. The van der Waals surface area contributed by atoms with E-state index in [0.29, 0.717) is 42.9 Å². The van der Waals surface area contributed by atoms with Crippen LogP contribution in [0.25, 0.3) is 33.8 Å². The molecule has 0 atom stereocenters. The molecule has 0 radical (unpaired) electrons. The number of carbonyl (C=O) groups is 2. The van der Waals surface area contributed by atoms with Crippen molar-refractivity contribution in [3.05, 3.63) is 60.3 Å². The number of amides is 2. The van der Waals surface area contributed by atoms with E-state index < -0.39 is 35.6 Å². The van der Waals surface area contributed by atoms with Crippen LogP contribution in [-0.2, 0) is 22.4 Å². The number of urea groups is 1. The van der Waals surface area contributed by atoms with E-state index in [-0.39, 0.29) is 51.5 Å². The van der Waals surface area contributed by atoms with Crippen molar-refractivity contribution < 1.29 is 50.1 Å². The number of hydroxylamine groups is 1. The van der Waals surface area contributed by atoms with Crippen LogP contribution in [-0.4, -0.2) is 56.2 Å². The van der Waals surface area contributed by atoms with Crippen LogP contribution in [0.5, 0.6) is 5.75 Å². The van der Waals surface area contributed by atoms with E-state index in [1.807, 2.05) is 0 Å². The molecule has 2 amide bonds. The van der Waals surface area contributed by atoms with Gasteiger partial charge in [-0.1, -0.05) is 12.1 Å². The normalized spacial score (nSPS) is 11.8. The number of aromatic nitrogens is 5. The number of anilines is 3. The number of aryl methyl sites for hydroxylation is 1. The summed E-state index contributed by atoms with van der Waals surface area (Å²) < 4.78 is 91.1. The first-order valence-electron chi connectivity index (χ1n) is 14.2. The quantitative estimate of drug-likeness (QED) is 0.0996. The molecule has 3 heterocycles. The molecule has 0 aliphatic carbocycles. The van der Waals surface area contributed by atoms with Gasteiger partial charge in [0.2, 0.25) is 0 Å². The third-order valence-corrected chi connectivity index (χ3v) is 6.79. The second kappa shape index (κ2) is 13.7. The lowest BCUT2D eigenvalue weighted by Crippen LogP contribution is -2.41. The number of rotatable bonds is 9. The highest BCUT2D eigenvalue weighted by Gasteiger charge is 2.44. The molecule has 5 rings (SSSR count). The Morgan fingerprint density at radius 3 is 2.39 bits per heavy atom. The Kier molecular flexibility index (Phi) is 9.60. The second-order valence-corrected chi connectivity index (χ2v) is 10.1. The van der Waals surface area contributed by atoms with Crippen molar-refractivity contribution in [3.8, 4) is 28.5 Å². The summed E-state index contributed by atoms with van der Waals surface area (Å²) in [6.45, 7) is 2.71. The van der Waals surface area contributed by atoms with E-state index >= 15 is 0 Å². The van der Waals surface area contributed by atoms with Gasteiger partial charge >= 0.3 is 24.4 Å². The third-order valence-electron chi connectivity index (χ3n) is 6.79. The van der Waals surface area contributed by atoms with Crippen LogP contribution in [0.3, 0.4) is 0 Å². The van der Waals surface area contributed by atoms with Crippen LogP contribution in [0.2, 0.25) is 0 Å². The largest absolute Gasteiger partial charge is 0.493 e. The fourth-order valence-electron chi connectivity index (χ4n) is 4.58. The van der Waals surface area contributed by atoms with Crippen LogP contribution in [0.1, 0.15) is 18.9 Å². The zero-order valence-electron chi connectivity index (χ0n) is 25.2. The molecule has 5 N–H and O–H groups in total. The fraction of sp³-hybridized carbons (Fsp3) is 0.241. The standard InChI is InChI=1S/C29H25F6N9O5/c1-2-43-23-19(47-12-4-11-36)14-38-20(21(23)40-25(43)22-24(37)42-49-41-22)15-5-3-6-18(13-15)44(48-26(45)29(33,34)35)27(46)39-17-9-7-16(8-10-17)28(30,31)32/h3,5-10,13-14H,2,4,11-12,36H2,1H3,(H2,37,42)(H,39,46). The molecule has 0 saturated heterocycles. The van der Waals surface area contributed by atoms with Gasteiger partial charge in [0.25, 0.3) is 0 Å². The van der Waals surface area contributed by atoms with Gasteiger partial charge in [-0.2, -0.15) is 26.3 Å². The molecule has 20 heteroatoms. The summed E-state index contributed by atoms with van der Waals surface area (Å²) in [5.41, 5.74) is 11.0. The molecule has 0 aliphatic rings. The number of hydrogen-bond acceptors (Lipinski definition) is 11.